The SMILES string of the molecule is FC(F)Oc1ccc(NCc2cccc(C3CC3)c2)cc1. The van der Waals surface area contributed by atoms with Crippen molar-refractivity contribution in [3.8, 4) is 5.75 Å². The van der Waals surface area contributed by atoms with Gasteiger partial charge in [-0.05, 0) is 54.2 Å². The smallest absolute Gasteiger partial charge is 0.387 e. The van der Waals surface area contributed by atoms with E-state index in [1.807, 2.05) is 0 Å². The number of alkyl halides is 2. The molecule has 1 saturated carbocycles. The second-order valence-corrected chi connectivity index (χ2v) is 5.28. The summed E-state index contributed by atoms with van der Waals surface area (Å²) in [7, 11) is 0. The lowest BCUT2D eigenvalue weighted by atomic mass is 10.1. The van der Waals surface area contributed by atoms with Gasteiger partial charge in [-0.1, -0.05) is 24.3 Å². The average molecular weight is 289 g/mol. The molecule has 0 atom stereocenters. The van der Waals surface area contributed by atoms with Crippen molar-refractivity contribution in [2.75, 3.05) is 5.32 Å². The fourth-order valence-electron chi connectivity index (χ4n) is 2.33. The lowest BCUT2D eigenvalue weighted by Crippen LogP contribution is -2.02. The molecule has 0 spiro atoms. The molecule has 2 nitrogen and oxygen atoms in total. The Morgan fingerprint density at radius 3 is 2.52 bits per heavy atom. The number of nitrogens with one attached hydrogen (secondary N) is 1. The highest BCUT2D eigenvalue weighted by atomic mass is 19.3. The van der Waals surface area contributed by atoms with Crippen LogP contribution in [-0.4, -0.2) is 6.61 Å². The minimum absolute atomic E-state index is 0.172. The molecule has 21 heavy (non-hydrogen) atoms. The van der Waals surface area contributed by atoms with Crippen molar-refractivity contribution in [2.24, 2.45) is 0 Å². The summed E-state index contributed by atoms with van der Waals surface area (Å²) in [5, 5.41) is 3.28. The third-order valence-corrected chi connectivity index (χ3v) is 3.58. The van der Waals surface area contributed by atoms with Gasteiger partial charge in [0.2, 0.25) is 0 Å². The van der Waals surface area contributed by atoms with Crippen molar-refractivity contribution in [2.45, 2.75) is 31.9 Å². The van der Waals surface area contributed by atoms with Crippen LogP contribution in [0.3, 0.4) is 0 Å². The first-order chi connectivity index (χ1) is 10.2. The third-order valence-electron chi connectivity index (χ3n) is 3.58. The molecule has 3 rings (SSSR count). The summed E-state index contributed by atoms with van der Waals surface area (Å²) in [5.41, 5.74) is 3.52. The van der Waals surface area contributed by atoms with Gasteiger partial charge in [0, 0.05) is 12.2 Å². The van der Waals surface area contributed by atoms with E-state index in [2.05, 4.69) is 34.3 Å². The first-order valence-corrected chi connectivity index (χ1v) is 7.08. The average Bonchev–Trinajstić information content (AvgIpc) is 3.31. The number of rotatable bonds is 6. The molecule has 0 bridgehead atoms. The van der Waals surface area contributed by atoms with E-state index in [9.17, 15) is 8.78 Å². The third kappa shape index (κ3) is 3.94. The normalized spacial score (nSPS) is 14.2. The molecule has 0 aromatic heterocycles. The highest BCUT2D eigenvalue weighted by Gasteiger charge is 2.23. The zero-order chi connectivity index (χ0) is 14.7. The number of anilines is 1. The molecule has 1 N–H and O–H groups in total. The van der Waals surface area contributed by atoms with E-state index in [4.69, 9.17) is 0 Å². The molecule has 0 unspecified atom stereocenters. The lowest BCUT2D eigenvalue weighted by molar-refractivity contribution is -0.0498. The maximum absolute atomic E-state index is 12.1. The summed E-state index contributed by atoms with van der Waals surface area (Å²) < 4.78 is 28.4. The van der Waals surface area contributed by atoms with Gasteiger partial charge >= 0.3 is 6.61 Å². The molecule has 0 saturated heterocycles. The molecule has 110 valence electrons. The van der Waals surface area contributed by atoms with Gasteiger partial charge in [0.1, 0.15) is 5.75 Å². The van der Waals surface area contributed by atoms with E-state index in [0.717, 1.165) is 18.2 Å². The van der Waals surface area contributed by atoms with Crippen LogP contribution in [0.25, 0.3) is 0 Å². The predicted octanol–water partition coefficient (Wildman–Crippen LogP) is 4.78. The summed E-state index contributed by atoms with van der Waals surface area (Å²) in [6.07, 6.45) is 2.59. The van der Waals surface area contributed by atoms with E-state index in [1.165, 1.54) is 36.1 Å². The Hall–Kier alpha value is -2.10. The quantitative estimate of drug-likeness (QED) is 0.826. The molecule has 0 aliphatic heterocycles. The van der Waals surface area contributed by atoms with Gasteiger partial charge in [-0.25, -0.2) is 0 Å². The number of ether oxygens (including phenoxy) is 1. The van der Waals surface area contributed by atoms with Crippen LogP contribution >= 0.6 is 0 Å². The Balaban J connectivity index is 1.58. The fraction of sp³-hybridized carbons (Fsp3) is 0.294. The Bertz CT molecular complexity index is 594. The van der Waals surface area contributed by atoms with Crippen molar-refractivity contribution in [3.63, 3.8) is 0 Å². The van der Waals surface area contributed by atoms with Crippen LogP contribution in [-0.2, 0) is 6.54 Å². The molecule has 0 heterocycles. The van der Waals surface area contributed by atoms with Gasteiger partial charge in [0.15, 0.2) is 0 Å². The molecule has 0 amide bonds. The topological polar surface area (TPSA) is 21.3 Å². The Morgan fingerprint density at radius 1 is 1.10 bits per heavy atom. The maximum atomic E-state index is 12.1. The maximum Gasteiger partial charge on any atom is 0.387 e. The summed E-state index contributed by atoms with van der Waals surface area (Å²) in [4.78, 5) is 0. The number of hydrogen-bond acceptors (Lipinski definition) is 2. The molecule has 2 aromatic carbocycles. The molecular formula is C17H17F2NO. The second kappa shape index (κ2) is 6.12. The van der Waals surface area contributed by atoms with Crippen molar-refractivity contribution in [1.29, 1.82) is 0 Å². The molecule has 2 aromatic rings. The molecular weight excluding hydrogens is 272 g/mol. The predicted molar refractivity (Wildman–Crippen MR) is 78.8 cm³/mol. The minimum atomic E-state index is -2.78. The Kier molecular flexibility index (Phi) is 4.04. The fourth-order valence-corrected chi connectivity index (χ4v) is 2.33. The van der Waals surface area contributed by atoms with Gasteiger partial charge in [0.05, 0.1) is 0 Å². The highest BCUT2D eigenvalue weighted by molar-refractivity contribution is 5.47. The Labute approximate surface area is 122 Å². The first kappa shape index (κ1) is 13.9. The van der Waals surface area contributed by atoms with E-state index in [0.29, 0.717) is 0 Å². The lowest BCUT2D eigenvalue weighted by Gasteiger charge is -2.09. The number of halogens is 2. The van der Waals surface area contributed by atoms with Crippen molar-refractivity contribution in [1.82, 2.24) is 0 Å². The molecule has 4 heteroatoms. The van der Waals surface area contributed by atoms with Gasteiger partial charge in [-0.2, -0.15) is 8.78 Å². The highest BCUT2D eigenvalue weighted by Crippen LogP contribution is 2.40. The van der Waals surface area contributed by atoms with Crippen LogP contribution in [0, 0.1) is 0 Å². The van der Waals surface area contributed by atoms with E-state index in [1.54, 1.807) is 12.1 Å². The molecule has 0 radical (unpaired) electrons. The number of hydrogen-bond donors (Lipinski definition) is 1. The zero-order valence-corrected chi connectivity index (χ0v) is 11.6. The molecule has 1 fully saturated rings. The first-order valence-electron chi connectivity index (χ1n) is 7.08. The largest absolute Gasteiger partial charge is 0.435 e. The summed E-state index contributed by atoms with van der Waals surface area (Å²) >= 11 is 0. The molecule has 1 aliphatic rings. The summed E-state index contributed by atoms with van der Waals surface area (Å²) in [6, 6.07) is 15.1. The minimum Gasteiger partial charge on any atom is -0.435 e. The van der Waals surface area contributed by atoms with Crippen molar-refractivity contribution < 1.29 is 13.5 Å². The van der Waals surface area contributed by atoms with Crippen molar-refractivity contribution >= 4 is 5.69 Å². The van der Waals surface area contributed by atoms with Crippen LogP contribution in [0.2, 0.25) is 0 Å². The van der Waals surface area contributed by atoms with Gasteiger partial charge < -0.3 is 10.1 Å². The van der Waals surface area contributed by atoms with Crippen LogP contribution in [0.15, 0.2) is 48.5 Å². The monoisotopic (exact) mass is 289 g/mol. The van der Waals surface area contributed by atoms with Crippen LogP contribution in [0.5, 0.6) is 5.75 Å². The summed E-state index contributed by atoms with van der Waals surface area (Å²) in [6.45, 7) is -2.07. The second-order valence-electron chi connectivity index (χ2n) is 5.28. The van der Waals surface area contributed by atoms with Gasteiger partial charge in [-0.15, -0.1) is 0 Å². The molecule has 1 aliphatic carbocycles. The standard InChI is InChI=1S/C17H17F2NO/c18-17(19)21-16-8-6-15(7-9-16)20-11-12-2-1-3-14(10-12)13-4-5-13/h1-3,6-10,13,17,20H,4-5,11H2. The van der Waals surface area contributed by atoms with Crippen LogP contribution in [0.4, 0.5) is 14.5 Å². The van der Waals surface area contributed by atoms with E-state index in [-0.39, 0.29) is 5.75 Å². The van der Waals surface area contributed by atoms with E-state index < -0.39 is 6.61 Å². The Morgan fingerprint density at radius 2 is 1.86 bits per heavy atom. The zero-order valence-electron chi connectivity index (χ0n) is 11.6. The van der Waals surface area contributed by atoms with Gasteiger partial charge in [-0.3, -0.25) is 0 Å². The van der Waals surface area contributed by atoms with Gasteiger partial charge in [0.25, 0.3) is 0 Å². The number of benzene rings is 2. The van der Waals surface area contributed by atoms with Crippen LogP contribution in [0.1, 0.15) is 29.9 Å². The van der Waals surface area contributed by atoms with Crippen molar-refractivity contribution in [3.05, 3.63) is 59.7 Å². The van der Waals surface area contributed by atoms with E-state index >= 15 is 0 Å². The summed E-state index contributed by atoms with van der Waals surface area (Å²) in [5.74, 6) is 0.919. The van der Waals surface area contributed by atoms with Crippen LogP contribution < -0.4 is 10.1 Å².